The van der Waals surface area contributed by atoms with Crippen LogP contribution in [0.5, 0.6) is 0 Å². The molecule has 0 spiro atoms. The molecule has 124 valence electrons. The molecular weight excluding hydrogens is 339 g/mol. The summed E-state index contributed by atoms with van der Waals surface area (Å²) in [5.74, 6) is -0.295. The van der Waals surface area contributed by atoms with E-state index in [1.807, 2.05) is 9.95 Å². The highest BCUT2D eigenvalue weighted by atomic mass is 32.1. The second kappa shape index (κ2) is 6.45. The van der Waals surface area contributed by atoms with Crippen LogP contribution in [0.25, 0.3) is 22.5 Å². The number of H-pyrrole nitrogens is 1. The largest absolute Gasteiger partial charge is 0.328 e. The lowest BCUT2D eigenvalue weighted by atomic mass is 10.1. The molecule has 0 aliphatic rings. The molecule has 5 nitrogen and oxygen atoms in total. The Bertz CT molecular complexity index is 1030. The van der Waals surface area contributed by atoms with Crippen LogP contribution < -0.4 is 5.56 Å². The van der Waals surface area contributed by atoms with Crippen molar-refractivity contribution < 1.29 is 4.39 Å². The van der Waals surface area contributed by atoms with Crippen molar-refractivity contribution in [2.45, 2.75) is 6.54 Å². The number of hydrogen-bond acceptors (Lipinski definition) is 4. The molecule has 1 N–H and O–H groups in total. The summed E-state index contributed by atoms with van der Waals surface area (Å²) in [7, 11) is 0. The summed E-state index contributed by atoms with van der Waals surface area (Å²) in [6, 6.07) is 9.43. The lowest BCUT2D eigenvalue weighted by Crippen LogP contribution is -2.05. The van der Waals surface area contributed by atoms with Crippen molar-refractivity contribution in [3.05, 3.63) is 81.7 Å². The van der Waals surface area contributed by atoms with E-state index in [1.54, 1.807) is 36.2 Å². The highest BCUT2D eigenvalue weighted by Crippen LogP contribution is 2.31. The molecule has 25 heavy (non-hydrogen) atoms. The molecule has 3 aromatic heterocycles. The maximum absolute atomic E-state index is 13.3. The standard InChI is InChI=1S/C18H13FN4OS/c19-14-4-1-12(2-5-14)17-18(13-3-6-16(24)20-7-13)23(10-21-17)8-15-9-25-11-22-15/h1-7,9-11H,8H2,(H,20,24). The van der Waals surface area contributed by atoms with E-state index in [9.17, 15) is 9.18 Å². The summed E-state index contributed by atoms with van der Waals surface area (Å²) in [4.78, 5) is 22.9. The fraction of sp³-hybridized carbons (Fsp3) is 0.0556. The fourth-order valence-corrected chi connectivity index (χ4v) is 3.22. The number of hydrogen-bond donors (Lipinski definition) is 1. The van der Waals surface area contributed by atoms with Crippen molar-refractivity contribution in [2.75, 3.05) is 0 Å². The SMILES string of the molecule is O=c1ccc(-c2c(-c3ccc(F)cc3)ncn2Cc2cscn2)c[nH]1. The summed E-state index contributed by atoms with van der Waals surface area (Å²) >= 11 is 1.53. The molecular formula is C18H13FN4OS. The molecule has 0 saturated carbocycles. The minimum Gasteiger partial charge on any atom is -0.328 e. The van der Waals surface area contributed by atoms with Gasteiger partial charge < -0.3 is 9.55 Å². The van der Waals surface area contributed by atoms with Crippen LogP contribution in [-0.4, -0.2) is 19.5 Å². The summed E-state index contributed by atoms with van der Waals surface area (Å²) in [5, 5.41) is 1.98. The lowest BCUT2D eigenvalue weighted by Gasteiger charge is -2.09. The third kappa shape index (κ3) is 3.14. The summed E-state index contributed by atoms with van der Waals surface area (Å²) < 4.78 is 15.2. The second-order valence-corrected chi connectivity index (χ2v) is 6.22. The Balaban J connectivity index is 1.86. The number of pyridine rings is 1. The van der Waals surface area contributed by atoms with Crippen LogP contribution in [0.15, 0.2) is 64.6 Å². The van der Waals surface area contributed by atoms with Gasteiger partial charge in [0.25, 0.3) is 0 Å². The van der Waals surface area contributed by atoms with Gasteiger partial charge in [0.05, 0.1) is 35.5 Å². The van der Waals surface area contributed by atoms with Crippen LogP contribution in [0.2, 0.25) is 0 Å². The van der Waals surface area contributed by atoms with Gasteiger partial charge in [0, 0.05) is 28.8 Å². The van der Waals surface area contributed by atoms with E-state index in [0.717, 1.165) is 28.2 Å². The van der Waals surface area contributed by atoms with Gasteiger partial charge in [-0.1, -0.05) is 0 Å². The first-order valence-electron chi connectivity index (χ1n) is 7.58. The molecule has 4 rings (SSSR count). The number of rotatable bonds is 4. The predicted octanol–water partition coefficient (Wildman–Crippen LogP) is 3.55. The van der Waals surface area contributed by atoms with Gasteiger partial charge in [-0.2, -0.15) is 0 Å². The molecule has 7 heteroatoms. The van der Waals surface area contributed by atoms with Crippen molar-refractivity contribution in [2.24, 2.45) is 0 Å². The Morgan fingerprint density at radius 2 is 1.88 bits per heavy atom. The van der Waals surface area contributed by atoms with E-state index in [4.69, 9.17) is 0 Å². The topological polar surface area (TPSA) is 63.6 Å². The Morgan fingerprint density at radius 3 is 2.56 bits per heavy atom. The number of aromatic amines is 1. The second-order valence-electron chi connectivity index (χ2n) is 5.50. The van der Waals surface area contributed by atoms with E-state index < -0.39 is 0 Å². The van der Waals surface area contributed by atoms with Gasteiger partial charge in [0.2, 0.25) is 5.56 Å². The Kier molecular flexibility index (Phi) is 3.99. The summed E-state index contributed by atoms with van der Waals surface area (Å²) in [6.07, 6.45) is 3.39. The minimum atomic E-state index is -0.295. The highest BCUT2D eigenvalue weighted by Gasteiger charge is 2.16. The van der Waals surface area contributed by atoms with Crippen LogP contribution >= 0.6 is 11.3 Å². The van der Waals surface area contributed by atoms with Crippen molar-refractivity contribution >= 4 is 11.3 Å². The first-order valence-corrected chi connectivity index (χ1v) is 8.52. The predicted molar refractivity (Wildman–Crippen MR) is 94.9 cm³/mol. The van der Waals surface area contributed by atoms with E-state index in [0.29, 0.717) is 6.54 Å². The van der Waals surface area contributed by atoms with Crippen LogP contribution in [-0.2, 0) is 6.54 Å². The molecule has 0 aliphatic heterocycles. The molecule has 4 aromatic rings. The third-order valence-electron chi connectivity index (χ3n) is 3.83. The molecule has 0 radical (unpaired) electrons. The number of aromatic nitrogens is 4. The monoisotopic (exact) mass is 352 g/mol. The molecule has 0 unspecified atom stereocenters. The van der Waals surface area contributed by atoms with Crippen LogP contribution in [0.3, 0.4) is 0 Å². The number of benzene rings is 1. The minimum absolute atomic E-state index is 0.169. The zero-order chi connectivity index (χ0) is 17.2. The van der Waals surface area contributed by atoms with E-state index >= 15 is 0 Å². The molecule has 0 bridgehead atoms. The van der Waals surface area contributed by atoms with Crippen LogP contribution in [0, 0.1) is 5.82 Å². The summed E-state index contributed by atoms with van der Waals surface area (Å²) in [5.41, 5.74) is 5.74. The number of thiazole rings is 1. The number of halogens is 1. The van der Waals surface area contributed by atoms with E-state index in [-0.39, 0.29) is 11.4 Å². The van der Waals surface area contributed by atoms with E-state index in [2.05, 4.69) is 15.0 Å². The van der Waals surface area contributed by atoms with Crippen LogP contribution in [0.4, 0.5) is 4.39 Å². The first kappa shape index (κ1) is 15.5. The van der Waals surface area contributed by atoms with Crippen molar-refractivity contribution in [1.82, 2.24) is 19.5 Å². The van der Waals surface area contributed by atoms with Crippen LogP contribution in [0.1, 0.15) is 5.69 Å². The molecule has 0 fully saturated rings. The summed E-state index contributed by atoms with van der Waals surface area (Å²) in [6.45, 7) is 0.562. The fourth-order valence-electron chi connectivity index (χ4n) is 2.67. The highest BCUT2D eigenvalue weighted by molar-refractivity contribution is 7.07. The Hall–Kier alpha value is -3.06. The lowest BCUT2D eigenvalue weighted by molar-refractivity contribution is 0.628. The van der Waals surface area contributed by atoms with Gasteiger partial charge in [0.15, 0.2) is 0 Å². The van der Waals surface area contributed by atoms with Crippen molar-refractivity contribution in [3.8, 4) is 22.5 Å². The average Bonchev–Trinajstić information content (AvgIpc) is 3.27. The zero-order valence-corrected chi connectivity index (χ0v) is 13.8. The number of nitrogens with one attached hydrogen (secondary N) is 1. The molecule has 3 heterocycles. The molecule has 0 amide bonds. The quantitative estimate of drug-likeness (QED) is 0.611. The molecule has 0 atom stereocenters. The van der Waals surface area contributed by atoms with Gasteiger partial charge in [-0.05, 0) is 30.3 Å². The van der Waals surface area contributed by atoms with Gasteiger partial charge in [0.1, 0.15) is 5.82 Å². The Morgan fingerprint density at radius 1 is 1.08 bits per heavy atom. The maximum atomic E-state index is 13.3. The van der Waals surface area contributed by atoms with Crippen molar-refractivity contribution in [1.29, 1.82) is 0 Å². The van der Waals surface area contributed by atoms with Crippen molar-refractivity contribution in [3.63, 3.8) is 0 Å². The van der Waals surface area contributed by atoms with Gasteiger partial charge in [-0.3, -0.25) is 4.79 Å². The first-order chi connectivity index (χ1) is 12.2. The molecule has 0 saturated heterocycles. The zero-order valence-electron chi connectivity index (χ0n) is 13.0. The van der Waals surface area contributed by atoms with E-state index in [1.165, 1.54) is 29.5 Å². The number of imidazole rings is 1. The van der Waals surface area contributed by atoms with Gasteiger partial charge in [-0.15, -0.1) is 11.3 Å². The maximum Gasteiger partial charge on any atom is 0.247 e. The molecule has 1 aromatic carbocycles. The Labute approximate surface area is 146 Å². The third-order valence-corrected chi connectivity index (χ3v) is 4.46. The average molecular weight is 352 g/mol. The molecule has 0 aliphatic carbocycles. The van der Waals surface area contributed by atoms with Gasteiger partial charge in [-0.25, -0.2) is 14.4 Å². The number of nitrogens with zero attached hydrogens (tertiary/aromatic N) is 3. The van der Waals surface area contributed by atoms with Gasteiger partial charge >= 0.3 is 0 Å². The normalized spacial score (nSPS) is 10.9. The smallest absolute Gasteiger partial charge is 0.247 e.